The van der Waals surface area contributed by atoms with Crippen LogP contribution in [-0.2, 0) is 27.2 Å². The van der Waals surface area contributed by atoms with Crippen molar-refractivity contribution >= 4 is 35.0 Å². The molecule has 0 fully saturated rings. The normalized spacial score (nSPS) is 17.4. The number of aliphatic hydroxyl groups excluding tert-OH is 1. The SMILES string of the molecule is COCCCNNC(=O)[C@@]1(Cc2ccccc2CN=[N+]=[N-])N=C(c2ccc(OCCCO)cc2)O[C@H]1c1ccc(Cl)cc1Cl. The van der Waals surface area contributed by atoms with E-state index in [9.17, 15) is 4.79 Å². The predicted molar refractivity (Wildman–Crippen MR) is 169 cm³/mol. The number of rotatable bonds is 16. The van der Waals surface area contributed by atoms with Gasteiger partial charge in [0, 0.05) is 65.8 Å². The van der Waals surface area contributed by atoms with Crippen LogP contribution in [0.15, 0.2) is 76.8 Å². The highest BCUT2D eigenvalue weighted by atomic mass is 35.5. The first-order valence-electron chi connectivity index (χ1n) is 14.1. The fraction of sp³-hybridized carbons (Fsp3) is 0.355. The first-order chi connectivity index (χ1) is 21.4. The number of azide groups is 1. The Morgan fingerprint density at radius 1 is 1.11 bits per heavy atom. The minimum atomic E-state index is -1.54. The van der Waals surface area contributed by atoms with E-state index >= 15 is 0 Å². The molecule has 0 spiro atoms. The van der Waals surface area contributed by atoms with E-state index in [0.29, 0.717) is 59.5 Å². The van der Waals surface area contributed by atoms with E-state index in [0.717, 1.165) is 11.1 Å². The standard InChI is InChI=1S/C31H34Cl2N6O5/c1-42-16-4-14-35-38-30(41)31(19-22-6-2-3-7-23(22)20-36-39-34)28(26-13-10-24(32)18-27(26)33)44-29(37-31)21-8-11-25(12-9-21)43-17-5-15-40/h2-3,6-13,18,28,35,40H,4-5,14-17,19-20H2,1H3,(H,38,41)/t28-,31-/m0/s1. The van der Waals surface area contributed by atoms with Crippen LogP contribution in [0, 0.1) is 0 Å². The maximum absolute atomic E-state index is 14.3. The third-order valence-electron chi connectivity index (χ3n) is 7.01. The van der Waals surface area contributed by atoms with Gasteiger partial charge < -0.3 is 19.3 Å². The van der Waals surface area contributed by atoms with Crippen LogP contribution in [-0.4, -0.2) is 55.9 Å². The van der Waals surface area contributed by atoms with Gasteiger partial charge in [-0.25, -0.2) is 10.4 Å². The Morgan fingerprint density at radius 3 is 2.59 bits per heavy atom. The van der Waals surface area contributed by atoms with Crippen molar-refractivity contribution in [3.8, 4) is 5.75 Å². The molecule has 1 amide bonds. The minimum Gasteiger partial charge on any atom is -0.494 e. The molecule has 1 heterocycles. The quantitative estimate of drug-likeness (QED) is 0.0599. The van der Waals surface area contributed by atoms with Gasteiger partial charge >= 0.3 is 0 Å². The van der Waals surface area contributed by atoms with Crippen LogP contribution in [0.25, 0.3) is 10.4 Å². The molecule has 0 bridgehead atoms. The molecule has 0 aliphatic carbocycles. The van der Waals surface area contributed by atoms with Gasteiger partial charge in [0.15, 0.2) is 11.6 Å². The highest BCUT2D eigenvalue weighted by Crippen LogP contribution is 2.45. The third kappa shape index (κ3) is 8.21. The number of amides is 1. The molecule has 0 aromatic heterocycles. The number of hydrazine groups is 1. The van der Waals surface area contributed by atoms with Gasteiger partial charge in [0.05, 0.1) is 13.2 Å². The van der Waals surface area contributed by atoms with Crippen molar-refractivity contribution in [2.24, 2.45) is 10.1 Å². The van der Waals surface area contributed by atoms with E-state index in [4.69, 9.17) is 53.0 Å². The lowest BCUT2D eigenvalue weighted by Gasteiger charge is -2.32. The number of carbonyl (C=O) groups is 1. The van der Waals surface area contributed by atoms with Crippen molar-refractivity contribution in [3.05, 3.63) is 109 Å². The molecule has 4 rings (SSSR count). The Morgan fingerprint density at radius 2 is 1.89 bits per heavy atom. The largest absolute Gasteiger partial charge is 0.494 e. The van der Waals surface area contributed by atoms with E-state index in [1.165, 1.54) is 0 Å². The molecule has 1 aliphatic rings. The zero-order chi connectivity index (χ0) is 31.4. The van der Waals surface area contributed by atoms with E-state index < -0.39 is 17.6 Å². The van der Waals surface area contributed by atoms with Crippen LogP contribution < -0.4 is 15.6 Å². The summed E-state index contributed by atoms with van der Waals surface area (Å²) < 4.78 is 17.3. The number of nitrogens with zero attached hydrogens (tertiary/aromatic N) is 4. The highest BCUT2D eigenvalue weighted by Gasteiger charge is 2.54. The summed E-state index contributed by atoms with van der Waals surface area (Å²) in [5.74, 6) is 0.419. The topological polar surface area (TPSA) is 150 Å². The molecule has 3 aromatic carbocycles. The number of benzene rings is 3. The number of hydrogen-bond donors (Lipinski definition) is 3. The molecule has 0 saturated heterocycles. The third-order valence-corrected chi connectivity index (χ3v) is 7.57. The number of ether oxygens (including phenoxy) is 3. The van der Waals surface area contributed by atoms with Crippen LogP contribution in [0.4, 0.5) is 0 Å². The second-order valence-electron chi connectivity index (χ2n) is 10.0. The molecular weight excluding hydrogens is 607 g/mol. The summed E-state index contributed by atoms with van der Waals surface area (Å²) in [5.41, 5.74) is 15.9. The summed E-state index contributed by atoms with van der Waals surface area (Å²) in [5, 5.41) is 13.5. The highest BCUT2D eigenvalue weighted by molar-refractivity contribution is 6.35. The number of methoxy groups -OCH3 is 1. The molecular formula is C31H34Cl2N6O5. The zero-order valence-electron chi connectivity index (χ0n) is 24.2. The fourth-order valence-electron chi connectivity index (χ4n) is 4.81. The number of nitrogens with one attached hydrogen (secondary N) is 2. The zero-order valence-corrected chi connectivity index (χ0v) is 25.7. The van der Waals surface area contributed by atoms with E-state index in [1.807, 2.05) is 24.3 Å². The maximum atomic E-state index is 14.3. The second kappa shape index (κ2) is 16.3. The maximum Gasteiger partial charge on any atom is 0.266 e. The van der Waals surface area contributed by atoms with Gasteiger partial charge in [-0.1, -0.05) is 58.6 Å². The number of aliphatic hydroxyl groups is 1. The van der Waals surface area contributed by atoms with Crippen molar-refractivity contribution in [3.63, 3.8) is 0 Å². The number of aliphatic imine (C=N–C) groups is 1. The van der Waals surface area contributed by atoms with Crippen molar-refractivity contribution in [2.45, 2.75) is 37.5 Å². The first-order valence-corrected chi connectivity index (χ1v) is 14.8. The molecule has 3 aromatic rings. The molecule has 232 valence electrons. The summed E-state index contributed by atoms with van der Waals surface area (Å²) >= 11 is 12.9. The van der Waals surface area contributed by atoms with Crippen molar-refractivity contribution in [2.75, 3.05) is 33.5 Å². The Hall–Kier alpha value is -3.83. The molecule has 13 heteroatoms. The van der Waals surface area contributed by atoms with Crippen LogP contribution >= 0.6 is 23.2 Å². The lowest BCUT2D eigenvalue weighted by atomic mass is 9.81. The van der Waals surface area contributed by atoms with Gasteiger partial charge in [-0.15, -0.1) is 0 Å². The first kappa shape index (κ1) is 33.1. The van der Waals surface area contributed by atoms with Gasteiger partial charge in [0.1, 0.15) is 5.75 Å². The molecule has 44 heavy (non-hydrogen) atoms. The molecule has 0 saturated carbocycles. The molecule has 2 atom stereocenters. The van der Waals surface area contributed by atoms with Gasteiger partial charge in [-0.3, -0.25) is 10.2 Å². The Balaban J connectivity index is 1.80. The Kier molecular flexibility index (Phi) is 12.3. The van der Waals surface area contributed by atoms with Gasteiger partial charge in [0.25, 0.3) is 5.91 Å². The average Bonchev–Trinajstić information content (AvgIpc) is 3.41. The summed E-state index contributed by atoms with van der Waals surface area (Å²) in [4.78, 5) is 22.2. The molecule has 3 N–H and O–H groups in total. The monoisotopic (exact) mass is 640 g/mol. The Bertz CT molecular complexity index is 1500. The molecule has 11 nitrogen and oxygen atoms in total. The van der Waals surface area contributed by atoms with Gasteiger partial charge in [-0.2, -0.15) is 0 Å². The summed E-state index contributed by atoms with van der Waals surface area (Å²) in [6, 6.07) is 19.5. The Labute approximate surface area is 265 Å². The molecule has 1 aliphatic heterocycles. The van der Waals surface area contributed by atoms with Crippen LogP contribution in [0.2, 0.25) is 10.0 Å². The lowest BCUT2D eigenvalue weighted by molar-refractivity contribution is -0.130. The summed E-state index contributed by atoms with van der Waals surface area (Å²) in [6.45, 7) is 1.50. The fourth-order valence-corrected chi connectivity index (χ4v) is 5.32. The summed E-state index contributed by atoms with van der Waals surface area (Å²) in [7, 11) is 1.61. The van der Waals surface area contributed by atoms with Gasteiger partial charge in [0.2, 0.25) is 5.90 Å². The number of halogens is 2. The predicted octanol–water partition coefficient (Wildman–Crippen LogP) is 5.72. The number of carbonyl (C=O) groups excluding carboxylic acids is 1. The van der Waals surface area contributed by atoms with Crippen LogP contribution in [0.5, 0.6) is 5.75 Å². The van der Waals surface area contributed by atoms with Crippen LogP contribution in [0.3, 0.4) is 0 Å². The number of hydrogen-bond acceptors (Lipinski definition) is 8. The molecule has 0 unspecified atom stereocenters. The van der Waals surface area contributed by atoms with E-state index in [1.54, 1.807) is 49.6 Å². The average molecular weight is 642 g/mol. The summed E-state index contributed by atoms with van der Waals surface area (Å²) in [6.07, 6.45) is 0.337. The van der Waals surface area contributed by atoms with Crippen molar-refractivity contribution < 1.29 is 24.1 Å². The molecule has 0 radical (unpaired) electrons. The minimum absolute atomic E-state index is 0.0365. The second-order valence-corrected chi connectivity index (χ2v) is 10.9. The van der Waals surface area contributed by atoms with E-state index in [-0.39, 0.29) is 25.5 Å². The van der Waals surface area contributed by atoms with Crippen LogP contribution in [0.1, 0.15) is 41.2 Å². The van der Waals surface area contributed by atoms with Gasteiger partial charge in [-0.05, 0) is 59.5 Å². The smallest absolute Gasteiger partial charge is 0.266 e. The van der Waals surface area contributed by atoms with Crippen molar-refractivity contribution in [1.82, 2.24) is 10.9 Å². The lowest BCUT2D eigenvalue weighted by Crippen LogP contribution is -2.54. The van der Waals surface area contributed by atoms with E-state index in [2.05, 4.69) is 20.9 Å². The van der Waals surface area contributed by atoms with Crippen molar-refractivity contribution in [1.29, 1.82) is 0 Å².